The van der Waals surface area contributed by atoms with Gasteiger partial charge in [-0.05, 0) is 68.6 Å². The number of hydrogen-bond donors (Lipinski definition) is 1. The average Bonchev–Trinajstić information content (AvgIpc) is 3.33. The summed E-state index contributed by atoms with van der Waals surface area (Å²) in [5.41, 5.74) is 5.19. The lowest BCUT2D eigenvalue weighted by Gasteiger charge is -2.29. The van der Waals surface area contributed by atoms with Gasteiger partial charge in [0.1, 0.15) is 0 Å². The van der Waals surface area contributed by atoms with Crippen LogP contribution in [0.4, 0.5) is 0 Å². The summed E-state index contributed by atoms with van der Waals surface area (Å²) in [7, 11) is 0. The zero-order valence-electron chi connectivity index (χ0n) is 16.1. The molecule has 138 valence electrons. The van der Waals surface area contributed by atoms with Crippen molar-refractivity contribution in [2.24, 2.45) is 5.92 Å². The Morgan fingerprint density at radius 2 is 2.04 bits per heavy atom. The van der Waals surface area contributed by atoms with E-state index in [1.54, 1.807) is 0 Å². The van der Waals surface area contributed by atoms with Crippen molar-refractivity contribution in [1.29, 1.82) is 0 Å². The average molecular weight is 369 g/mol. The summed E-state index contributed by atoms with van der Waals surface area (Å²) in [6, 6.07) is 9.48. The molecular weight excluding hydrogens is 340 g/mol. The molecule has 4 nitrogen and oxygen atoms in total. The molecule has 2 aromatic rings. The van der Waals surface area contributed by atoms with Crippen molar-refractivity contribution in [1.82, 2.24) is 19.8 Å². The Kier molecular flexibility index (Phi) is 4.51. The number of aryl methyl sites for hydroxylation is 1. The first-order valence-corrected chi connectivity index (χ1v) is 10.0. The predicted molar refractivity (Wildman–Crippen MR) is 109 cm³/mol. The van der Waals surface area contributed by atoms with Crippen LogP contribution in [0, 0.1) is 19.8 Å². The zero-order valence-corrected chi connectivity index (χ0v) is 16.9. The third-order valence-corrected chi connectivity index (χ3v) is 5.87. The van der Waals surface area contributed by atoms with E-state index in [4.69, 9.17) is 12.2 Å². The van der Waals surface area contributed by atoms with E-state index in [0.717, 1.165) is 17.4 Å². The van der Waals surface area contributed by atoms with E-state index < -0.39 is 0 Å². The van der Waals surface area contributed by atoms with Crippen molar-refractivity contribution in [3.63, 3.8) is 0 Å². The van der Waals surface area contributed by atoms with Gasteiger partial charge in [-0.3, -0.25) is 4.98 Å². The van der Waals surface area contributed by atoms with Crippen LogP contribution in [0.15, 0.2) is 30.5 Å². The van der Waals surface area contributed by atoms with Gasteiger partial charge in [-0.15, -0.1) is 0 Å². The summed E-state index contributed by atoms with van der Waals surface area (Å²) in [4.78, 5) is 7.01. The van der Waals surface area contributed by atoms with Crippen LogP contribution in [0.25, 0.3) is 0 Å². The van der Waals surface area contributed by atoms with Crippen molar-refractivity contribution in [3.8, 4) is 0 Å². The number of rotatable bonds is 5. The first-order valence-electron chi connectivity index (χ1n) is 9.63. The summed E-state index contributed by atoms with van der Waals surface area (Å²) >= 11 is 5.74. The van der Waals surface area contributed by atoms with Crippen LogP contribution in [0.2, 0.25) is 0 Å². The molecule has 1 saturated carbocycles. The molecule has 2 atom stereocenters. The maximum atomic E-state index is 5.74. The smallest absolute Gasteiger partial charge is 0.170 e. The molecular formula is C21H28N4S. The standard InChI is InChI=1S/C21H28N4S/c1-13(2)12-24-20(17-11-14(3)25(15(17)4)16-8-9-16)19(23-21(24)26)18-7-5-6-10-22-18/h5-7,10-11,13,16,19-20H,8-9,12H2,1-4H3,(H,23,26). The number of nitrogens with zero attached hydrogens (tertiary/aromatic N) is 3. The molecule has 0 amide bonds. The molecule has 0 radical (unpaired) electrons. The third-order valence-electron chi connectivity index (χ3n) is 5.51. The van der Waals surface area contributed by atoms with Crippen molar-refractivity contribution in [2.75, 3.05) is 6.54 Å². The molecule has 0 aromatic carbocycles. The van der Waals surface area contributed by atoms with E-state index in [1.165, 1.54) is 29.8 Å². The lowest BCUT2D eigenvalue weighted by atomic mass is 9.96. The Balaban J connectivity index is 1.79. The van der Waals surface area contributed by atoms with E-state index in [2.05, 4.69) is 65.7 Å². The third kappa shape index (κ3) is 3.02. The normalized spacial score (nSPS) is 23.0. The summed E-state index contributed by atoms with van der Waals surface area (Å²) in [6.45, 7) is 9.96. The van der Waals surface area contributed by atoms with Crippen LogP contribution < -0.4 is 5.32 Å². The Morgan fingerprint density at radius 3 is 2.65 bits per heavy atom. The Hall–Kier alpha value is -1.88. The fraction of sp³-hybridized carbons (Fsp3) is 0.524. The highest BCUT2D eigenvalue weighted by Gasteiger charge is 2.42. The SMILES string of the molecule is Cc1cc(C2C(c3ccccn3)NC(=S)N2CC(C)C)c(C)n1C1CC1. The van der Waals surface area contributed by atoms with Crippen LogP contribution in [0.3, 0.4) is 0 Å². The summed E-state index contributed by atoms with van der Waals surface area (Å²) in [5, 5.41) is 4.40. The van der Waals surface area contributed by atoms with Gasteiger partial charge in [0.15, 0.2) is 5.11 Å². The number of hydrogen-bond acceptors (Lipinski definition) is 2. The molecule has 2 fully saturated rings. The second-order valence-electron chi connectivity index (χ2n) is 8.10. The number of pyridine rings is 1. The first-order chi connectivity index (χ1) is 12.5. The molecule has 2 aromatic heterocycles. The molecule has 2 unspecified atom stereocenters. The van der Waals surface area contributed by atoms with E-state index >= 15 is 0 Å². The minimum absolute atomic E-state index is 0.0932. The molecule has 1 aliphatic carbocycles. The molecule has 1 aliphatic heterocycles. The van der Waals surface area contributed by atoms with Crippen LogP contribution in [0.1, 0.15) is 67.5 Å². The van der Waals surface area contributed by atoms with Gasteiger partial charge in [0.25, 0.3) is 0 Å². The van der Waals surface area contributed by atoms with Gasteiger partial charge in [0.05, 0.1) is 17.8 Å². The predicted octanol–water partition coefficient (Wildman–Crippen LogP) is 4.46. The maximum absolute atomic E-state index is 5.74. The van der Waals surface area contributed by atoms with Crippen LogP contribution in [-0.4, -0.2) is 26.1 Å². The van der Waals surface area contributed by atoms with Gasteiger partial charge in [0.2, 0.25) is 0 Å². The molecule has 1 N–H and O–H groups in total. The molecule has 5 heteroatoms. The minimum Gasteiger partial charge on any atom is -0.352 e. The highest BCUT2D eigenvalue weighted by atomic mass is 32.1. The highest BCUT2D eigenvalue weighted by molar-refractivity contribution is 7.80. The van der Waals surface area contributed by atoms with Gasteiger partial charge in [-0.2, -0.15) is 0 Å². The van der Waals surface area contributed by atoms with Crippen molar-refractivity contribution < 1.29 is 0 Å². The van der Waals surface area contributed by atoms with Gasteiger partial charge in [0, 0.05) is 30.2 Å². The number of thiocarbonyl (C=S) groups is 1. The fourth-order valence-electron chi connectivity index (χ4n) is 4.33. The Morgan fingerprint density at radius 1 is 1.27 bits per heavy atom. The number of nitrogens with one attached hydrogen (secondary N) is 1. The minimum atomic E-state index is 0.0932. The van der Waals surface area contributed by atoms with Crippen molar-refractivity contribution >= 4 is 17.3 Å². The first kappa shape index (κ1) is 17.5. The summed E-state index contributed by atoms with van der Waals surface area (Å²) in [5.74, 6) is 0.548. The van der Waals surface area contributed by atoms with Crippen LogP contribution in [0.5, 0.6) is 0 Å². The summed E-state index contributed by atoms with van der Waals surface area (Å²) < 4.78 is 2.53. The molecule has 2 aliphatic rings. The van der Waals surface area contributed by atoms with Gasteiger partial charge in [-0.1, -0.05) is 19.9 Å². The molecule has 3 heterocycles. The van der Waals surface area contributed by atoms with E-state index in [1.807, 2.05) is 12.3 Å². The van der Waals surface area contributed by atoms with Crippen molar-refractivity contribution in [3.05, 3.63) is 53.1 Å². The lowest BCUT2D eigenvalue weighted by molar-refractivity contribution is 0.286. The van der Waals surface area contributed by atoms with E-state index in [0.29, 0.717) is 12.0 Å². The van der Waals surface area contributed by atoms with E-state index in [9.17, 15) is 0 Å². The second kappa shape index (κ2) is 6.69. The van der Waals surface area contributed by atoms with Crippen LogP contribution in [-0.2, 0) is 0 Å². The molecule has 0 spiro atoms. The largest absolute Gasteiger partial charge is 0.352 e. The highest BCUT2D eigenvalue weighted by Crippen LogP contribution is 2.44. The molecule has 26 heavy (non-hydrogen) atoms. The van der Waals surface area contributed by atoms with Crippen LogP contribution >= 0.6 is 12.2 Å². The van der Waals surface area contributed by atoms with Gasteiger partial charge in [-0.25, -0.2) is 0 Å². The molecule has 1 saturated heterocycles. The zero-order chi connectivity index (χ0) is 18.4. The summed E-state index contributed by atoms with van der Waals surface area (Å²) in [6.07, 6.45) is 4.47. The topological polar surface area (TPSA) is 33.1 Å². The fourth-order valence-corrected chi connectivity index (χ4v) is 4.65. The second-order valence-corrected chi connectivity index (χ2v) is 8.49. The quantitative estimate of drug-likeness (QED) is 0.790. The van der Waals surface area contributed by atoms with Gasteiger partial charge >= 0.3 is 0 Å². The Bertz CT molecular complexity index is 807. The van der Waals surface area contributed by atoms with Gasteiger partial charge < -0.3 is 14.8 Å². The molecule has 0 bridgehead atoms. The maximum Gasteiger partial charge on any atom is 0.170 e. The Labute approximate surface area is 161 Å². The van der Waals surface area contributed by atoms with Crippen molar-refractivity contribution in [2.45, 2.75) is 58.7 Å². The monoisotopic (exact) mass is 368 g/mol. The lowest BCUT2D eigenvalue weighted by Crippen LogP contribution is -2.33. The van der Waals surface area contributed by atoms with E-state index in [-0.39, 0.29) is 12.1 Å². The molecule has 4 rings (SSSR count). The number of aromatic nitrogens is 2.